The van der Waals surface area contributed by atoms with Crippen molar-refractivity contribution in [3.8, 4) is 0 Å². The van der Waals surface area contributed by atoms with Gasteiger partial charge in [-0.3, -0.25) is 14.9 Å². The van der Waals surface area contributed by atoms with Gasteiger partial charge in [-0.15, -0.1) is 0 Å². The monoisotopic (exact) mass is 346 g/mol. The summed E-state index contributed by atoms with van der Waals surface area (Å²) in [4.78, 5) is 27.4. The minimum absolute atomic E-state index is 0.137. The van der Waals surface area contributed by atoms with Gasteiger partial charge >= 0.3 is 0 Å². The number of aryl methyl sites for hydroxylation is 1. The molecular weight excluding hydrogens is 324 g/mol. The highest BCUT2D eigenvalue weighted by atomic mass is 16.6. The Morgan fingerprint density at radius 3 is 2.72 bits per heavy atom. The Balaban J connectivity index is 2.36. The predicted molar refractivity (Wildman–Crippen MR) is 93.7 cm³/mol. The van der Waals surface area contributed by atoms with Crippen LogP contribution >= 0.6 is 0 Å². The molecule has 1 heterocycles. The van der Waals surface area contributed by atoms with Gasteiger partial charge in [-0.1, -0.05) is 20.3 Å². The molecule has 8 heteroatoms. The lowest BCUT2D eigenvalue weighted by Gasteiger charge is -2.23. The minimum Gasteiger partial charge on any atom is -0.394 e. The van der Waals surface area contributed by atoms with Crippen molar-refractivity contribution in [3.05, 3.63) is 52.1 Å². The Bertz CT molecular complexity index is 772. The van der Waals surface area contributed by atoms with Crippen LogP contribution in [-0.4, -0.2) is 38.0 Å². The number of nitro benzene ring substituents is 1. The summed E-state index contributed by atoms with van der Waals surface area (Å²) in [5.41, 5.74) is 0.262. The topological polar surface area (TPSA) is 110 Å². The number of hydrogen-bond acceptors (Lipinski definition) is 6. The van der Waals surface area contributed by atoms with E-state index in [0.29, 0.717) is 0 Å². The summed E-state index contributed by atoms with van der Waals surface area (Å²) >= 11 is 0. The summed E-state index contributed by atoms with van der Waals surface area (Å²) in [6, 6.07) is 3.96. The Labute approximate surface area is 145 Å². The van der Waals surface area contributed by atoms with E-state index in [1.807, 2.05) is 13.8 Å². The molecule has 134 valence electrons. The quantitative estimate of drug-likeness (QED) is 0.431. The number of anilines is 1. The number of nitrogens with zero attached hydrogens (tertiary/aromatic N) is 3. The first-order chi connectivity index (χ1) is 11.9. The zero-order valence-corrected chi connectivity index (χ0v) is 14.5. The average Bonchev–Trinajstić information content (AvgIpc) is 3.04. The van der Waals surface area contributed by atoms with Crippen molar-refractivity contribution < 1.29 is 14.8 Å². The van der Waals surface area contributed by atoms with Gasteiger partial charge in [0.1, 0.15) is 5.69 Å². The Morgan fingerprint density at radius 1 is 1.48 bits per heavy atom. The first-order valence-corrected chi connectivity index (χ1v) is 8.06. The molecule has 0 saturated carbocycles. The summed E-state index contributed by atoms with van der Waals surface area (Å²) < 4.78 is 1.56. The highest BCUT2D eigenvalue weighted by Gasteiger charge is 2.23. The molecule has 1 aromatic carbocycles. The van der Waals surface area contributed by atoms with E-state index in [0.717, 1.165) is 6.42 Å². The van der Waals surface area contributed by atoms with E-state index < -0.39 is 4.92 Å². The lowest BCUT2D eigenvalue weighted by molar-refractivity contribution is -0.384. The van der Waals surface area contributed by atoms with E-state index in [9.17, 15) is 20.0 Å². The number of hydrogen-bond donors (Lipinski definition) is 2. The lowest BCUT2D eigenvalue weighted by atomic mass is 9.99. The van der Waals surface area contributed by atoms with Crippen LogP contribution in [0.4, 0.5) is 11.4 Å². The second kappa shape index (κ2) is 7.89. The molecule has 0 radical (unpaired) electrons. The van der Waals surface area contributed by atoms with Gasteiger partial charge in [0.2, 0.25) is 5.78 Å². The Kier molecular flexibility index (Phi) is 5.87. The molecule has 0 spiro atoms. The molecule has 1 aromatic heterocycles. The number of aromatic nitrogens is 2. The van der Waals surface area contributed by atoms with Crippen molar-refractivity contribution in [2.75, 3.05) is 11.9 Å². The maximum absolute atomic E-state index is 12.5. The number of nitrogens with one attached hydrogen (secondary N) is 1. The van der Waals surface area contributed by atoms with Crippen molar-refractivity contribution in [1.82, 2.24) is 9.55 Å². The Morgan fingerprint density at radius 2 is 2.20 bits per heavy atom. The maximum Gasteiger partial charge on any atom is 0.293 e. The SMILES string of the molecule is CCC(C)C(CO)Nc1ccc(C(=O)c2nccn2C)cc1[N+](=O)[O-]. The molecule has 2 rings (SSSR count). The van der Waals surface area contributed by atoms with Crippen LogP contribution in [-0.2, 0) is 7.05 Å². The van der Waals surface area contributed by atoms with Crippen LogP contribution in [0, 0.1) is 16.0 Å². The fourth-order valence-electron chi connectivity index (χ4n) is 2.51. The fourth-order valence-corrected chi connectivity index (χ4v) is 2.51. The van der Waals surface area contributed by atoms with Gasteiger partial charge in [-0.25, -0.2) is 4.98 Å². The van der Waals surface area contributed by atoms with Gasteiger partial charge in [0.15, 0.2) is 5.82 Å². The van der Waals surface area contributed by atoms with Crippen LogP contribution in [0.15, 0.2) is 30.6 Å². The first kappa shape index (κ1) is 18.6. The van der Waals surface area contributed by atoms with Gasteiger partial charge in [0, 0.05) is 31.1 Å². The van der Waals surface area contributed by atoms with Crippen LogP contribution in [0.5, 0.6) is 0 Å². The van der Waals surface area contributed by atoms with Gasteiger partial charge in [0.05, 0.1) is 17.6 Å². The molecule has 0 bridgehead atoms. The lowest BCUT2D eigenvalue weighted by Crippen LogP contribution is -2.31. The molecule has 0 saturated heterocycles. The van der Waals surface area contributed by atoms with Crippen molar-refractivity contribution in [1.29, 1.82) is 0 Å². The number of aliphatic hydroxyl groups is 1. The average molecular weight is 346 g/mol. The van der Waals surface area contributed by atoms with E-state index in [1.54, 1.807) is 17.8 Å². The molecule has 0 fully saturated rings. The minimum atomic E-state index is -0.539. The number of imidazole rings is 1. The van der Waals surface area contributed by atoms with E-state index in [4.69, 9.17) is 0 Å². The molecule has 2 aromatic rings. The van der Waals surface area contributed by atoms with E-state index >= 15 is 0 Å². The third-order valence-electron chi connectivity index (χ3n) is 4.35. The van der Waals surface area contributed by atoms with E-state index in [1.165, 1.54) is 24.4 Å². The number of carbonyl (C=O) groups excluding carboxylic acids is 1. The number of nitro groups is 1. The molecular formula is C17H22N4O4. The highest BCUT2D eigenvalue weighted by Crippen LogP contribution is 2.28. The van der Waals surface area contributed by atoms with Crippen molar-refractivity contribution in [2.45, 2.75) is 26.3 Å². The molecule has 0 aliphatic heterocycles. The van der Waals surface area contributed by atoms with E-state index in [2.05, 4.69) is 10.3 Å². The highest BCUT2D eigenvalue weighted by molar-refractivity contribution is 6.07. The third-order valence-corrected chi connectivity index (χ3v) is 4.35. The summed E-state index contributed by atoms with van der Waals surface area (Å²) in [5, 5.41) is 24.0. The Hall–Kier alpha value is -2.74. The fraction of sp³-hybridized carbons (Fsp3) is 0.412. The second-order valence-corrected chi connectivity index (χ2v) is 6.00. The number of rotatable bonds is 8. The molecule has 0 aliphatic rings. The van der Waals surface area contributed by atoms with Crippen molar-refractivity contribution in [2.24, 2.45) is 13.0 Å². The second-order valence-electron chi connectivity index (χ2n) is 6.00. The van der Waals surface area contributed by atoms with Gasteiger partial charge in [-0.2, -0.15) is 0 Å². The number of ketones is 1. The molecule has 2 N–H and O–H groups in total. The van der Waals surface area contributed by atoms with Gasteiger partial charge in [0.25, 0.3) is 5.69 Å². The predicted octanol–water partition coefficient (Wildman–Crippen LogP) is 2.38. The maximum atomic E-state index is 12.5. The first-order valence-electron chi connectivity index (χ1n) is 8.06. The molecule has 8 nitrogen and oxygen atoms in total. The number of benzene rings is 1. The van der Waals surface area contributed by atoms with Gasteiger partial charge in [-0.05, 0) is 18.1 Å². The van der Waals surface area contributed by atoms with Crippen LogP contribution in [0.2, 0.25) is 0 Å². The summed E-state index contributed by atoms with van der Waals surface area (Å²) in [7, 11) is 1.68. The van der Waals surface area contributed by atoms with Crippen molar-refractivity contribution >= 4 is 17.2 Å². The van der Waals surface area contributed by atoms with Crippen LogP contribution < -0.4 is 5.32 Å². The van der Waals surface area contributed by atoms with Crippen molar-refractivity contribution in [3.63, 3.8) is 0 Å². The zero-order valence-electron chi connectivity index (χ0n) is 14.5. The molecule has 0 amide bonds. The largest absolute Gasteiger partial charge is 0.394 e. The van der Waals surface area contributed by atoms with Crippen LogP contribution in [0.3, 0.4) is 0 Å². The standard InChI is InChI=1S/C17H22N4O4/c1-4-11(2)14(10-22)19-13-6-5-12(9-15(13)21(24)25)16(23)17-18-7-8-20(17)3/h5-9,11,14,19,22H,4,10H2,1-3H3. The number of aliphatic hydroxyl groups excluding tert-OH is 1. The summed E-state index contributed by atoms with van der Waals surface area (Å²) in [6.07, 6.45) is 3.95. The molecule has 0 aliphatic carbocycles. The summed E-state index contributed by atoms with van der Waals surface area (Å²) in [6.45, 7) is 3.80. The van der Waals surface area contributed by atoms with Crippen LogP contribution in [0.1, 0.15) is 36.5 Å². The molecule has 2 unspecified atom stereocenters. The summed E-state index contributed by atoms with van der Waals surface area (Å²) in [5.74, 6) is -0.0379. The normalized spacial score (nSPS) is 13.3. The zero-order chi connectivity index (χ0) is 18.6. The van der Waals surface area contributed by atoms with Gasteiger partial charge < -0.3 is 15.0 Å². The molecule has 2 atom stereocenters. The molecule has 25 heavy (non-hydrogen) atoms. The third kappa shape index (κ3) is 4.03. The smallest absolute Gasteiger partial charge is 0.293 e. The number of carbonyl (C=O) groups is 1. The van der Waals surface area contributed by atoms with E-state index in [-0.39, 0.29) is 47.1 Å². The van der Waals surface area contributed by atoms with Crippen LogP contribution in [0.25, 0.3) is 0 Å².